The highest BCUT2D eigenvalue weighted by molar-refractivity contribution is 7.99. The van der Waals surface area contributed by atoms with E-state index < -0.39 is 0 Å². The predicted octanol–water partition coefficient (Wildman–Crippen LogP) is 5.36. The molecule has 4 rings (SSSR count). The van der Waals surface area contributed by atoms with E-state index in [2.05, 4.69) is 18.3 Å². The Kier molecular flexibility index (Phi) is 6.25. The molecule has 0 bridgehead atoms. The van der Waals surface area contributed by atoms with E-state index in [1.54, 1.807) is 4.57 Å². The second-order valence-corrected chi connectivity index (χ2v) is 9.22. The first-order valence-electron chi connectivity index (χ1n) is 10.1. The Morgan fingerprint density at radius 1 is 1.13 bits per heavy atom. The highest BCUT2D eigenvalue weighted by Gasteiger charge is 2.16. The van der Waals surface area contributed by atoms with Gasteiger partial charge in [0, 0.05) is 5.69 Å². The van der Waals surface area contributed by atoms with E-state index in [4.69, 9.17) is 4.98 Å². The summed E-state index contributed by atoms with van der Waals surface area (Å²) in [6.07, 6.45) is 0.840. The molecule has 0 aliphatic carbocycles. The van der Waals surface area contributed by atoms with Gasteiger partial charge in [-0.15, -0.1) is 11.3 Å². The Morgan fingerprint density at radius 2 is 1.87 bits per heavy atom. The molecular weight excluding hydrogens is 426 g/mol. The first-order chi connectivity index (χ1) is 15.0. The van der Waals surface area contributed by atoms with E-state index >= 15 is 0 Å². The van der Waals surface area contributed by atoms with Crippen LogP contribution in [0, 0.1) is 13.8 Å². The van der Waals surface area contributed by atoms with Gasteiger partial charge in [-0.05, 0) is 66.6 Å². The maximum atomic E-state index is 13.3. The number of aromatic nitrogens is 2. The predicted molar refractivity (Wildman–Crippen MR) is 130 cm³/mol. The van der Waals surface area contributed by atoms with Crippen molar-refractivity contribution in [1.82, 2.24) is 9.55 Å². The van der Waals surface area contributed by atoms with Gasteiger partial charge in [-0.1, -0.05) is 43.0 Å². The standard InChI is InChI=1S/C24H23N3O2S2/c1-4-17-7-5-6-8-19(17)25-21(28)14-31-24-26-20-9-10-30-22(20)23(29)27(24)18-12-15(2)11-16(3)13-18/h5-13H,4,14H2,1-3H3,(H,25,28). The van der Waals surface area contributed by atoms with Gasteiger partial charge in [0.1, 0.15) is 4.70 Å². The highest BCUT2D eigenvalue weighted by atomic mass is 32.2. The molecular formula is C24H23N3O2S2. The zero-order valence-electron chi connectivity index (χ0n) is 17.6. The lowest BCUT2D eigenvalue weighted by Gasteiger charge is -2.14. The number of fused-ring (bicyclic) bond motifs is 1. The number of thioether (sulfide) groups is 1. The van der Waals surface area contributed by atoms with Crippen molar-refractivity contribution in [3.8, 4) is 5.69 Å². The molecule has 0 saturated heterocycles. The summed E-state index contributed by atoms with van der Waals surface area (Å²) in [5.74, 6) is 0.0304. The van der Waals surface area contributed by atoms with Gasteiger partial charge in [0.25, 0.3) is 5.56 Å². The number of aryl methyl sites for hydroxylation is 3. The fourth-order valence-corrected chi connectivity index (χ4v) is 5.14. The number of carbonyl (C=O) groups excluding carboxylic acids is 1. The lowest BCUT2D eigenvalue weighted by atomic mass is 10.1. The van der Waals surface area contributed by atoms with Gasteiger partial charge in [-0.3, -0.25) is 14.2 Å². The second-order valence-electron chi connectivity index (χ2n) is 7.36. The van der Waals surface area contributed by atoms with Crippen LogP contribution in [0.1, 0.15) is 23.6 Å². The molecule has 0 aliphatic heterocycles. The molecule has 1 N–H and O–H groups in total. The van der Waals surface area contributed by atoms with Crippen molar-refractivity contribution in [3.05, 3.63) is 81.0 Å². The van der Waals surface area contributed by atoms with E-state index in [1.807, 2.05) is 61.7 Å². The van der Waals surface area contributed by atoms with Crippen molar-refractivity contribution in [2.24, 2.45) is 0 Å². The van der Waals surface area contributed by atoms with Gasteiger partial charge in [-0.25, -0.2) is 4.98 Å². The summed E-state index contributed by atoms with van der Waals surface area (Å²) in [4.78, 5) is 30.6. The van der Waals surface area contributed by atoms with Crippen LogP contribution in [0.2, 0.25) is 0 Å². The van der Waals surface area contributed by atoms with Crippen LogP contribution in [-0.2, 0) is 11.2 Å². The van der Waals surface area contributed by atoms with Crippen LogP contribution in [0.15, 0.2) is 63.9 Å². The van der Waals surface area contributed by atoms with Crippen LogP contribution in [0.4, 0.5) is 5.69 Å². The number of anilines is 1. The number of nitrogens with one attached hydrogen (secondary N) is 1. The van der Waals surface area contributed by atoms with Gasteiger partial charge in [0.15, 0.2) is 5.16 Å². The van der Waals surface area contributed by atoms with Crippen LogP contribution in [0.5, 0.6) is 0 Å². The Balaban J connectivity index is 1.67. The molecule has 0 aliphatic rings. The smallest absolute Gasteiger partial charge is 0.276 e. The van der Waals surface area contributed by atoms with E-state index in [1.165, 1.54) is 23.1 Å². The van der Waals surface area contributed by atoms with E-state index in [9.17, 15) is 9.59 Å². The summed E-state index contributed by atoms with van der Waals surface area (Å²) >= 11 is 2.66. The largest absolute Gasteiger partial charge is 0.325 e. The fraction of sp³-hybridized carbons (Fsp3) is 0.208. The molecule has 0 atom stereocenters. The monoisotopic (exact) mass is 449 g/mol. The minimum Gasteiger partial charge on any atom is -0.325 e. The highest BCUT2D eigenvalue weighted by Crippen LogP contribution is 2.25. The van der Waals surface area contributed by atoms with Crippen LogP contribution in [0.25, 0.3) is 15.9 Å². The molecule has 0 fully saturated rings. The quantitative estimate of drug-likeness (QED) is 0.318. The molecule has 0 spiro atoms. The molecule has 2 aromatic heterocycles. The molecule has 0 radical (unpaired) electrons. The summed E-state index contributed by atoms with van der Waals surface area (Å²) in [6, 6.07) is 15.6. The minimum atomic E-state index is -0.127. The minimum absolute atomic E-state index is 0.107. The molecule has 158 valence electrons. The van der Waals surface area contributed by atoms with Crippen molar-refractivity contribution >= 4 is 44.9 Å². The zero-order chi connectivity index (χ0) is 22.0. The molecule has 2 heterocycles. The summed E-state index contributed by atoms with van der Waals surface area (Å²) in [7, 11) is 0. The van der Waals surface area contributed by atoms with Crippen LogP contribution >= 0.6 is 23.1 Å². The zero-order valence-corrected chi connectivity index (χ0v) is 19.3. The summed E-state index contributed by atoms with van der Waals surface area (Å²) in [5, 5.41) is 5.37. The SMILES string of the molecule is CCc1ccccc1NC(=O)CSc1nc2ccsc2c(=O)n1-c1cc(C)cc(C)c1. The number of hydrogen-bond donors (Lipinski definition) is 1. The normalized spacial score (nSPS) is 11.1. The Bertz CT molecular complexity index is 1300. The molecule has 5 nitrogen and oxygen atoms in total. The summed E-state index contributed by atoms with van der Waals surface area (Å²) in [6.45, 7) is 6.07. The van der Waals surface area contributed by atoms with Crippen molar-refractivity contribution in [1.29, 1.82) is 0 Å². The Morgan fingerprint density at radius 3 is 2.61 bits per heavy atom. The van der Waals surface area contributed by atoms with Gasteiger partial charge in [0.2, 0.25) is 5.91 Å². The molecule has 0 saturated carbocycles. The van der Waals surface area contributed by atoms with Gasteiger partial charge >= 0.3 is 0 Å². The Hall–Kier alpha value is -2.90. The number of thiophene rings is 1. The van der Waals surface area contributed by atoms with Crippen LogP contribution in [0.3, 0.4) is 0 Å². The molecule has 31 heavy (non-hydrogen) atoms. The molecule has 4 aromatic rings. The third-order valence-electron chi connectivity index (χ3n) is 4.92. The average Bonchev–Trinajstić information content (AvgIpc) is 3.21. The van der Waals surface area contributed by atoms with Gasteiger partial charge < -0.3 is 5.32 Å². The topological polar surface area (TPSA) is 64.0 Å². The number of hydrogen-bond acceptors (Lipinski definition) is 5. The number of rotatable bonds is 6. The molecule has 7 heteroatoms. The summed E-state index contributed by atoms with van der Waals surface area (Å²) in [5.41, 5.74) is 5.37. The van der Waals surface area contributed by atoms with E-state index in [-0.39, 0.29) is 17.2 Å². The lowest BCUT2D eigenvalue weighted by Crippen LogP contribution is -2.22. The number of benzene rings is 2. The maximum absolute atomic E-state index is 13.3. The third-order valence-corrected chi connectivity index (χ3v) is 6.75. The van der Waals surface area contributed by atoms with Crippen LogP contribution < -0.4 is 10.9 Å². The van der Waals surface area contributed by atoms with Crippen molar-refractivity contribution in [3.63, 3.8) is 0 Å². The van der Waals surface area contributed by atoms with Gasteiger partial charge in [-0.2, -0.15) is 0 Å². The number of amides is 1. The first kappa shape index (κ1) is 21.3. The second kappa shape index (κ2) is 9.08. The molecule has 0 unspecified atom stereocenters. The lowest BCUT2D eigenvalue weighted by molar-refractivity contribution is -0.113. The van der Waals surface area contributed by atoms with E-state index in [0.29, 0.717) is 15.4 Å². The Labute approximate surface area is 189 Å². The fourth-order valence-electron chi connectivity index (χ4n) is 3.56. The first-order valence-corrected chi connectivity index (χ1v) is 11.9. The van der Waals surface area contributed by atoms with Crippen molar-refractivity contribution < 1.29 is 4.79 Å². The maximum Gasteiger partial charge on any atom is 0.276 e. The van der Waals surface area contributed by atoms with Crippen molar-refractivity contribution in [2.75, 3.05) is 11.1 Å². The van der Waals surface area contributed by atoms with Crippen LogP contribution in [-0.4, -0.2) is 21.2 Å². The summed E-state index contributed by atoms with van der Waals surface area (Å²) < 4.78 is 2.24. The van der Waals surface area contributed by atoms with E-state index in [0.717, 1.165) is 34.5 Å². The average molecular weight is 450 g/mol. The number of carbonyl (C=O) groups is 1. The number of nitrogens with zero attached hydrogens (tertiary/aromatic N) is 2. The molecule has 2 aromatic carbocycles. The van der Waals surface area contributed by atoms with Crippen molar-refractivity contribution in [2.45, 2.75) is 32.3 Å². The third kappa shape index (κ3) is 4.57. The molecule has 1 amide bonds. The number of para-hydroxylation sites is 1. The van der Waals surface area contributed by atoms with Gasteiger partial charge in [0.05, 0.1) is 17.0 Å².